The Labute approximate surface area is 209 Å². The second-order valence-corrected chi connectivity index (χ2v) is 13.6. The number of aromatic nitrogens is 1. The molecular formula is C22H15F6NO5S3. The molecule has 0 fully saturated rings. The third kappa shape index (κ3) is 4.42. The zero-order valence-electron chi connectivity index (χ0n) is 18.5. The number of halogens is 6. The van der Waals surface area contributed by atoms with Crippen molar-refractivity contribution in [3.63, 3.8) is 0 Å². The number of fused-ring (bicyclic) bond motifs is 2. The van der Waals surface area contributed by atoms with Gasteiger partial charge in [0.2, 0.25) is 0 Å². The van der Waals surface area contributed by atoms with Crippen LogP contribution in [0.4, 0.5) is 26.3 Å². The van der Waals surface area contributed by atoms with Crippen LogP contribution >= 0.6 is 11.3 Å². The smallest absolute Gasteiger partial charge is 0.350 e. The van der Waals surface area contributed by atoms with Gasteiger partial charge in [-0.2, -0.15) is 26.3 Å². The summed E-state index contributed by atoms with van der Waals surface area (Å²) in [6.07, 6.45) is -0.387. The average molecular weight is 584 g/mol. The molecule has 0 spiro atoms. The Morgan fingerprint density at radius 3 is 1.92 bits per heavy atom. The molecule has 0 amide bonds. The highest BCUT2D eigenvalue weighted by Gasteiger charge is 2.63. The van der Waals surface area contributed by atoms with Crippen LogP contribution in [0.25, 0.3) is 31.4 Å². The topological polar surface area (TPSA) is 90.3 Å². The van der Waals surface area contributed by atoms with Crippen molar-refractivity contribution in [2.45, 2.75) is 22.0 Å². The van der Waals surface area contributed by atoms with Gasteiger partial charge in [0.1, 0.15) is 0 Å². The first-order valence-corrected chi connectivity index (χ1v) is 14.1. The third-order valence-electron chi connectivity index (χ3n) is 5.74. The van der Waals surface area contributed by atoms with Crippen molar-refractivity contribution in [2.24, 2.45) is 7.05 Å². The highest BCUT2D eigenvalue weighted by atomic mass is 32.3. The van der Waals surface area contributed by atoms with Crippen LogP contribution in [-0.4, -0.2) is 37.0 Å². The van der Waals surface area contributed by atoms with Crippen LogP contribution in [0.3, 0.4) is 0 Å². The summed E-state index contributed by atoms with van der Waals surface area (Å²) in [6.45, 7) is 0. The number of rotatable bonds is 5. The molecule has 2 heterocycles. The van der Waals surface area contributed by atoms with Gasteiger partial charge in [-0.15, -0.1) is 11.3 Å². The van der Waals surface area contributed by atoms with Crippen molar-refractivity contribution in [1.29, 1.82) is 0 Å². The first kappa shape index (κ1) is 27.1. The summed E-state index contributed by atoms with van der Waals surface area (Å²) in [7, 11) is -12.3. The molecule has 0 bridgehead atoms. The third-order valence-corrected chi connectivity index (χ3v) is 11.5. The summed E-state index contributed by atoms with van der Waals surface area (Å²) in [6, 6.07) is 12.3. The number of alkyl halides is 6. The van der Waals surface area contributed by atoms with Gasteiger partial charge in [-0.05, 0) is 18.2 Å². The molecule has 198 valence electrons. The lowest BCUT2D eigenvalue weighted by molar-refractivity contribution is -0.0471. The molecule has 0 saturated carbocycles. The lowest BCUT2D eigenvalue weighted by Crippen LogP contribution is -2.46. The van der Waals surface area contributed by atoms with Crippen LogP contribution in [0.1, 0.15) is 5.56 Å². The summed E-state index contributed by atoms with van der Waals surface area (Å²) < 4.78 is 127. The minimum absolute atomic E-state index is 0.112. The van der Waals surface area contributed by atoms with Crippen LogP contribution < -0.4 is 5.43 Å². The van der Waals surface area contributed by atoms with E-state index in [0.29, 0.717) is 15.6 Å². The molecule has 0 aliphatic rings. The summed E-state index contributed by atoms with van der Waals surface area (Å²) in [5.74, 6) is 0. The SMILES string of the molecule is Cn1cc(-c2sc3ccccc3c(=O)c2CC(S(=O)(=O)C(F)(F)F)S(=O)(=O)C(F)(F)F)c2ccccc21. The van der Waals surface area contributed by atoms with Crippen LogP contribution in [0, 0.1) is 0 Å². The van der Waals surface area contributed by atoms with Gasteiger partial charge >= 0.3 is 11.0 Å². The van der Waals surface area contributed by atoms with Gasteiger partial charge in [0.05, 0.1) is 0 Å². The van der Waals surface area contributed by atoms with Gasteiger partial charge < -0.3 is 4.57 Å². The van der Waals surface area contributed by atoms with Gasteiger partial charge in [-0.1, -0.05) is 30.3 Å². The van der Waals surface area contributed by atoms with Gasteiger partial charge in [-0.25, -0.2) is 16.8 Å². The van der Waals surface area contributed by atoms with E-state index in [9.17, 15) is 48.0 Å². The lowest BCUT2D eigenvalue weighted by atomic mass is 10.0. The quantitative estimate of drug-likeness (QED) is 0.303. The zero-order valence-corrected chi connectivity index (χ0v) is 20.9. The van der Waals surface area contributed by atoms with Gasteiger partial charge in [0.15, 0.2) is 10.0 Å². The molecule has 37 heavy (non-hydrogen) atoms. The number of aryl methyl sites for hydroxylation is 1. The number of hydrogen-bond donors (Lipinski definition) is 0. The maximum atomic E-state index is 13.4. The highest BCUT2D eigenvalue weighted by molar-refractivity contribution is 8.09. The molecule has 0 saturated heterocycles. The summed E-state index contributed by atoms with van der Waals surface area (Å²) in [4.78, 5) is 13.3. The van der Waals surface area contributed by atoms with Crippen molar-refractivity contribution in [1.82, 2.24) is 4.57 Å². The molecular weight excluding hydrogens is 568 g/mol. The molecule has 0 aliphatic heterocycles. The lowest BCUT2D eigenvalue weighted by Gasteiger charge is -2.22. The van der Waals surface area contributed by atoms with Crippen LogP contribution in [0.2, 0.25) is 0 Å². The van der Waals surface area contributed by atoms with E-state index in [2.05, 4.69) is 0 Å². The monoisotopic (exact) mass is 583 g/mol. The van der Waals surface area contributed by atoms with E-state index in [0.717, 1.165) is 11.3 Å². The first-order chi connectivity index (χ1) is 17.0. The number of hydrogen-bond acceptors (Lipinski definition) is 6. The molecule has 4 rings (SSSR count). The molecule has 2 aromatic carbocycles. The molecule has 0 radical (unpaired) electrons. The minimum Gasteiger partial charge on any atom is -0.350 e. The van der Waals surface area contributed by atoms with Gasteiger partial charge in [0, 0.05) is 56.7 Å². The van der Waals surface area contributed by atoms with Crippen molar-refractivity contribution in [3.05, 3.63) is 70.5 Å². The molecule has 0 atom stereocenters. The number of benzene rings is 2. The molecule has 4 aromatic rings. The van der Waals surface area contributed by atoms with Crippen molar-refractivity contribution in [2.75, 3.05) is 0 Å². The van der Waals surface area contributed by atoms with E-state index in [1.165, 1.54) is 24.4 Å². The Morgan fingerprint density at radius 2 is 1.35 bits per heavy atom. The maximum Gasteiger partial charge on any atom is 0.498 e. The number of sulfone groups is 2. The molecule has 6 nitrogen and oxygen atoms in total. The minimum atomic E-state index is -6.93. The fraction of sp³-hybridized carbons (Fsp3) is 0.227. The first-order valence-electron chi connectivity index (χ1n) is 10.2. The van der Waals surface area contributed by atoms with E-state index >= 15 is 0 Å². The Hall–Kier alpha value is -2.91. The Balaban J connectivity index is 2.10. The van der Waals surface area contributed by atoms with Crippen molar-refractivity contribution >= 4 is 52.0 Å². The maximum absolute atomic E-state index is 13.4. The number of para-hydroxylation sites is 1. The van der Waals surface area contributed by atoms with E-state index in [1.807, 2.05) is 0 Å². The second-order valence-electron chi connectivity index (χ2n) is 8.02. The molecule has 15 heteroatoms. The molecule has 0 N–H and O–H groups in total. The number of nitrogens with zero attached hydrogens (tertiary/aromatic N) is 1. The van der Waals surface area contributed by atoms with Crippen LogP contribution in [-0.2, 0) is 33.1 Å². The second kappa shape index (κ2) is 8.84. The summed E-state index contributed by atoms with van der Waals surface area (Å²) >= 11 is 0.822. The fourth-order valence-corrected chi connectivity index (χ4v) is 8.52. The zero-order chi connectivity index (χ0) is 27.6. The van der Waals surface area contributed by atoms with Gasteiger partial charge in [-0.3, -0.25) is 4.79 Å². The average Bonchev–Trinajstić information content (AvgIpc) is 3.13. The van der Waals surface area contributed by atoms with Crippen LogP contribution in [0.15, 0.2) is 59.5 Å². The Kier molecular flexibility index (Phi) is 6.48. The summed E-state index contributed by atoms with van der Waals surface area (Å²) in [5, 5.41) is 0.352. The van der Waals surface area contributed by atoms with E-state index in [1.54, 1.807) is 41.9 Å². The highest BCUT2D eigenvalue weighted by Crippen LogP contribution is 2.41. The van der Waals surface area contributed by atoms with E-state index < -0.39 is 52.7 Å². The van der Waals surface area contributed by atoms with Crippen LogP contribution in [0.5, 0.6) is 0 Å². The summed E-state index contributed by atoms with van der Waals surface area (Å²) in [5.41, 5.74) is -13.7. The predicted octanol–water partition coefficient (Wildman–Crippen LogP) is 5.16. The Bertz CT molecular complexity index is 1760. The van der Waals surface area contributed by atoms with Crippen molar-refractivity contribution in [3.8, 4) is 10.4 Å². The molecule has 2 aromatic heterocycles. The normalized spacial score (nSPS) is 13.6. The van der Waals surface area contributed by atoms with E-state index in [4.69, 9.17) is 0 Å². The molecule has 0 aliphatic carbocycles. The van der Waals surface area contributed by atoms with Gasteiger partial charge in [0.25, 0.3) is 19.7 Å². The van der Waals surface area contributed by atoms with E-state index in [-0.39, 0.29) is 15.8 Å². The largest absolute Gasteiger partial charge is 0.498 e. The Morgan fingerprint density at radius 1 is 0.838 bits per heavy atom. The van der Waals surface area contributed by atoms with Crippen molar-refractivity contribution < 1.29 is 43.2 Å². The molecule has 0 unspecified atom stereocenters. The fourth-order valence-electron chi connectivity index (χ4n) is 3.96. The predicted molar refractivity (Wildman–Crippen MR) is 127 cm³/mol. The standard InChI is InChI=1S/C22H15F6NO5S3/c1-29-11-15(12-6-2-4-8-16(12)29)20-14(19(30)13-7-3-5-9-17(13)35-20)10-18(36(31,32)21(23,24)25)37(33,34)22(26,27)28/h2-9,11,18H,10H2,1H3.